The minimum Gasteiger partial charge on any atom is -0.390 e. The molecule has 1 heterocycles. The fourth-order valence-corrected chi connectivity index (χ4v) is 7.46. The van der Waals surface area contributed by atoms with Gasteiger partial charge in [-0.15, -0.1) is 0 Å². The van der Waals surface area contributed by atoms with Crippen LogP contribution in [0.2, 0.25) is 0 Å². The van der Waals surface area contributed by atoms with Gasteiger partial charge in [0.2, 0.25) is 28.3 Å². The highest BCUT2D eigenvalue weighted by Gasteiger charge is 2.66. The van der Waals surface area contributed by atoms with Crippen molar-refractivity contribution in [2.24, 2.45) is 22.7 Å². The first kappa shape index (κ1) is 31.1. The summed E-state index contributed by atoms with van der Waals surface area (Å²) < 4.78 is 54.4. The number of amides is 3. The molecule has 6 rings (SSSR count). The number of carbonyl (C=O) groups excluding carboxylic acids is 3. The quantitative estimate of drug-likeness (QED) is 0.286. The van der Waals surface area contributed by atoms with Gasteiger partial charge < -0.3 is 20.8 Å². The number of carbonyl (C=O) groups is 3. The summed E-state index contributed by atoms with van der Waals surface area (Å²) in [6, 6.07) is 13.2. The Morgan fingerprint density at radius 1 is 1.02 bits per heavy atom. The van der Waals surface area contributed by atoms with Gasteiger partial charge in [0, 0.05) is 17.5 Å². The van der Waals surface area contributed by atoms with E-state index in [1.54, 1.807) is 13.8 Å². The molecule has 3 amide bonds. The van der Waals surface area contributed by atoms with Crippen LogP contribution in [0.25, 0.3) is 11.1 Å². The molecule has 2 aromatic rings. The van der Waals surface area contributed by atoms with Crippen molar-refractivity contribution in [2.75, 3.05) is 6.54 Å². The Morgan fingerprint density at radius 2 is 1.60 bits per heavy atom. The van der Waals surface area contributed by atoms with Crippen LogP contribution in [0.1, 0.15) is 50.7 Å². The lowest BCUT2D eigenvalue weighted by Crippen LogP contribution is -2.58. The van der Waals surface area contributed by atoms with Gasteiger partial charge in [-0.25, -0.2) is 17.2 Å². The van der Waals surface area contributed by atoms with Gasteiger partial charge in [-0.3, -0.25) is 19.1 Å². The molecule has 240 valence electrons. The monoisotopic (exact) mass is 643 g/mol. The fourth-order valence-electron chi connectivity index (χ4n) is 6.10. The van der Waals surface area contributed by atoms with Crippen LogP contribution < -0.4 is 15.8 Å². The second kappa shape index (κ2) is 11.5. The number of alkyl halides is 2. The minimum atomic E-state index is -4.06. The molecular formula is C31H35F2N5O6S. The summed E-state index contributed by atoms with van der Waals surface area (Å²) in [4.78, 5) is 47.4. The average molecular weight is 644 g/mol. The second-order valence-electron chi connectivity index (χ2n) is 12.6. The largest absolute Gasteiger partial charge is 0.390 e. The van der Waals surface area contributed by atoms with E-state index >= 15 is 0 Å². The molecule has 0 bridgehead atoms. The third-order valence-corrected chi connectivity index (χ3v) is 10.9. The molecule has 2 saturated carbocycles. The smallest absolute Gasteiger partial charge is 0.259 e. The molecule has 0 spiro atoms. The Labute approximate surface area is 259 Å². The van der Waals surface area contributed by atoms with E-state index in [1.165, 1.54) is 4.90 Å². The van der Waals surface area contributed by atoms with Crippen LogP contribution in [0.3, 0.4) is 0 Å². The van der Waals surface area contributed by atoms with E-state index in [0.717, 1.165) is 22.3 Å². The number of sulfonamides is 1. The maximum atomic E-state index is 13.8. The van der Waals surface area contributed by atoms with Gasteiger partial charge in [0.15, 0.2) is 0 Å². The number of hydrogen-bond acceptors (Lipinski definition) is 8. The lowest BCUT2D eigenvalue weighted by atomic mass is 10.0. The lowest BCUT2D eigenvalue weighted by molar-refractivity contribution is -0.141. The maximum Gasteiger partial charge on any atom is 0.259 e. The lowest BCUT2D eigenvalue weighted by Gasteiger charge is -2.29. The number of nitrogens with zero attached hydrogens (tertiary/aromatic N) is 2. The van der Waals surface area contributed by atoms with Crippen LogP contribution in [0, 0.1) is 11.8 Å². The average Bonchev–Trinajstić information content (AvgIpc) is 3.92. The zero-order valence-electron chi connectivity index (χ0n) is 24.8. The van der Waals surface area contributed by atoms with Gasteiger partial charge in [-0.1, -0.05) is 67.5 Å². The first-order chi connectivity index (χ1) is 21.3. The predicted octanol–water partition coefficient (Wildman–Crippen LogP) is 2.14. The van der Waals surface area contributed by atoms with Crippen LogP contribution in [-0.2, 0) is 29.2 Å². The molecule has 3 aliphatic carbocycles. The predicted molar refractivity (Wildman–Crippen MR) is 160 cm³/mol. The van der Waals surface area contributed by atoms with Crippen LogP contribution in [-0.4, -0.2) is 78.7 Å². The third kappa shape index (κ3) is 5.69. The highest BCUT2D eigenvalue weighted by molar-refractivity contribution is 7.91. The van der Waals surface area contributed by atoms with Gasteiger partial charge in [-0.2, -0.15) is 0 Å². The molecule has 1 unspecified atom stereocenters. The molecule has 11 nitrogen and oxygen atoms in total. The van der Waals surface area contributed by atoms with Crippen molar-refractivity contribution in [3.63, 3.8) is 0 Å². The van der Waals surface area contributed by atoms with E-state index in [9.17, 15) is 31.6 Å². The molecular weight excluding hydrogens is 608 g/mol. The topological polar surface area (TPSA) is 160 Å². The summed E-state index contributed by atoms with van der Waals surface area (Å²) in [5.41, 5.74) is 8.33. The normalized spacial score (nSPS) is 25.9. The summed E-state index contributed by atoms with van der Waals surface area (Å²) in [5.74, 6) is -4.49. The Morgan fingerprint density at radius 3 is 2.11 bits per heavy atom. The highest BCUT2D eigenvalue weighted by Crippen LogP contribution is 2.48. The van der Waals surface area contributed by atoms with Crippen LogP contribution >= 0.6 is 0 Å². The van der Waals surface area contributed by atoms with Crippen molar-refractivity contribution in [3.05, 3.63) is 59.7 Å². The number of likely N-dealkylation sites (tertiary alicyclic amines) is 1. The highest BCUT2D eigenvalue weighted by atomic mass is 32.2. The van der Waals surface area contributed by atoms with Crippen molar-refractivity contribution in [2.45, 2.75) is 74.9 Å². The Hall–Kier alpha value is -3.91. The van der Waals surface area contributed by atoms with E-state index < -0.39 is 75.5 Å². The standard InChI is InChI=1S/C31H35F2N5O6S/c1-16(2)25(34)29(40)38-15-17(44-36-26-21-9-5-3-7-19(21)20-8-4-6-10-22(20)26)13-24(38)28(39)35-31(14-23(31)27(32)33)30(41)37-45(42,43)18-11-12-18/h3-10,16-18,23-25,27H,11-15,34H2,1-2H3,(H,35,39)(H,37,41)/t17-,23+,24?,25+,31+/m1/s1. The van der Waals surface area contributed by atoms with Gasteiger partial charge in [0.25, 0.3) is 5.91 Å². The molecule has 2 aromatic carbocycles. The first-order valence-electron chi connectivity index (χ1n) is 15.0. The summed E-state index contributed by atoms with van der Waals surface area (Å²) in [6.07, 6.45) is -3.53. The molecule has 1 aliphatic heterocycles. The number of nitrogens with one attached hydrogen (secondary N) is 2. The SMILES string of the molecule is CC(C)[C@H](N)C(=O)N1C[C@H](ON=C2c3ccccc3-c3ccccc32)CC1C(=O)N[C@@]1(C(=O)NS(=O)(=O)C2CC2)C[C@H]1C(F)F. The molecule has 0 aromatic heterocycles. The summed E-state index contributed by atoms with van der Waals surface area (Å²) in [7, 11) is -4.06. The number of hydrogen-bond donors (Lipinski definition) is 3. The summed E-state index contributed by atoms with van der Waals surface area (Å²) in [5, 5.41) is 6.09. The van der Waals surface area contributed by atoms with Gasteiger partial charge >= 0.3 is 0 Å². The Bertz CT molecular complexity index is 1630. The molecule has 45 heavy (non-hydrogen) atoms. The van der Waals surface area contributed by atoms with E-state index in [-0.39, 0.29) is 18.9 Å². The number of nitrogens with two attached hydrogens (primary N) is 1. The molecule has 4 N–H and O–H groups in total. The molecule has 1 saturated heterocycles. The fraction of sp³-hybridized carbons (Fsp3) is 0.484. The van der Waals surface area contributed by atoms with Crippen LogP contribution in [0.4, 0.5) is 8.78 Å². The van der Waals surface area contributed by atoms with E-state index in [1.807, 2.05) is 53.3 Å². The molecule has 0 radical (unpaired) electrons. The van der Waals surface area contributed by atoms with Crippen molar-refractivity contribution < 1.29 is 36.4 Å². The van der Waals surface area contributed by atoms with Crippen LogP contribution in [0.15, 0.2) is 53.7 Å². The molecule has 5 atom stereocenters. The van der Waals surface area contributed by atoms with Crippen molar-refractivity contribution in [1.29, 1.82) is 0 Å². The van der Waals surface area contributed by atoms with Gasteiger partial charge in [-0.05, 0) is 36.3 Å². The molecule has 4 aliphatic rings. The second-order valence-corrected chi connectivity index (χ2v) is 14.5. The maximum absolute atomic E-state index is 13.8. The number of oxime groups is 1. The van der Waals surface area contributed by atoms with Gasteiger partial charge in [0.05, 0.1) is 23.8 Å². The van der Waals surface area contributed by atoms with Crippen molar-refractivity contribution in [3.8, 4) is 11.1 Å². The van der Waals surface area contributed by atoms with E-state index in [2.05, 4.69) is 10.5 Å². The minimum absolute atomic E-state index is 0.0557. The first-order valence-corrected chi connectivity index (χ1v) is 16.5. The number of rotatable bonds is 10. The molecule has 14 heteroatoms. The number of benzene rings is 2. The number of halogens is 2. The van der Waals surface area contributed by atoms with Crippen LogP contribution in [0.5, 0.6) is 0 Å². The van der Waals surface area contributed by atoms with Crippen molar-refractivity contribution in [1.82, 2.24) is 14.9 Å². The molecule has 3 fully saturated rings. The van der Waals surface area contributed by atoms with E-state index in [4.69, 9.17) is 10.6 Å². The summed E-state index contributed by atoms with van der Waals surface area (Å²) >= 11 is 0. The number of fused-ring (bicyclic) bond motifs is 3. The van der Waals surface area contributed by atoms with Crippen molar-refractivity contribution >= 4 is 33.5 Å². The third-order valence-electron chi connectivity index (χ3n) is 9.07. The Kier molecular flexibility index (Phi) is 7.92. The zero-order valence-corrected chi connectivity index (χ0v) is 25.6. The van der Waals surface area contributed by atoms with E-state index in [0.29, 0.717) is 18.6 Å². The zero-order chi connectivity index (χ0) is 32.3. The Balaban J connectivity index is 1.24. The van der Waals surface area contributed by atoms with Gasteiger partial charge in [0.1, 0.15) is 23.4 Å². The summed E-state index contributed by atoms with van der Waals surface area (Å²) in [6.45, 7) is 3.43.